The van der Waals surface area contributed by atoms with Crippen LogP contribution in [0.1, 0.15) is 11.1 Å². The zero-order chi connectivity index (χ0) is 12.3. The maximum atomic E-state index is 8.81. The Morgan fingerprint density at radius 1 is 1.12 bits per heavy atom. The van der Waals surface area contributed by atoms with Crippen LogP contribution >= 0.6 is 27.7 Å². The molecule has 84 valence electrons. The molecule has 0 amide bonds. The topological polar surface area (TPSA) is 23.8 Å². The summed E-state index contributed by atoms with van der Waals surface area (Å²) in [6.45, 7) is 2.03. The maximum absolute atomic E-state index is 8.81. The molecule has 2 aromatic rings. The van der Waals surface area contributed by atoms with Crippen LogP contribution in [-0.2, 0) is 0 Å². The summed E-state index contributed by atoms with van der Waals surface area (Å²) in [5.74, 6) is 0. The van der Waals surface area contributed by atoms with Gasteiger partial charge in [-0.05, 0) is 55.0 Å². The number of benzene rings is 2. The summed E-state index contributed by atoms with van der Waals surface area (Å²) in [5, 5.41) is 8.81. The molecular formula is C14H10BrNS. The normalized spacial score (nSPS) is 9.94. The van der Waals surface area contributed by atoms with Gasteiger partial charge in [0, 0.05) is 14.3 Å². The highest BCUT2D eigenvalue weighted by molar-refractivity contribution is 9.10. The first kappa shape index (κ1) is 12.2. The molecule has 0 spiro atoms. The number of nitriles is 1. The van der Waals surface area contributed by atoms with Gasteiger partial charge in [-0.2, -0.15) is 5.26 Å². The molecule has 17 heavy (non-hydrogen) atoms. The van der Waals surface area contributed by atoms with Crippen molar-refractivity contribution in [3.05, 3.63) is 58.1 Å². The Bertz CT molecular complexity index is 570. The molecular weight excluding hydrogens is 294 g/mol. The van der Waals surface area contributed by atoms with Crippen molar-refractivity contribution >= 4 is 27.7 Å². The molecule has 2 rings (SSSR count). The zero-order valence-corrected chi connectivity index (χ0v) is 11.7. The van der Waals surface area contributed by atoms with Gasteiger partial charge >= 0.3 is 0 Å². The second-order valence-corrected chi connectivity index (χ2v) is 5.68. The highest BCUT2D eigenvalue weighted by atomic mass is 79.9. The minimum atomic E-state index is 0.711. The third-order valence-electron chi connectivity index (χ3n) is 2.35. The van der Waals surface area contributed by atoms with Gasteiger partial charge in [-0.3, -0.25) is 0 Å². The predicted molar refractivity (Wildman–Crippen MR) is 74.2 cm³/mol. The largest absolute Gasteiger partial charge is 0.192 e. The van der Waals surface area contributed by atoms with E-state index in [1.807, 2.05) is 37.3 Å². The van der Waals surface area contributed by atoms with E-state index in [9.17, 15) is 0 Å². The number of nitrogens with zero attached hydrogens (tertiary/aromatic N) is 1. The molecule has 0 aliphatic rings. The van der Waals surface area contributed by atoms with Gasteiger partial charge in [0.15, 0.2) is 0 Å². The van der Waals surface area contributed by atoms with Crippen molar-refractivity contribution in [1.82, 2.24) is 0 Å². The van der Waals surface area contributed by atoms with Gasteiger partial charge in [0.25, 0.3) is 0 Å². The molecule has 0 radical (unpaired) electrons. The quantitative estimate of drug-likeness (QED) is 0.797. The Kier molecular flexibility index (Phi) is 3.88. The number of halogens is 1. The van der Waals surface area contributed by atoms with E-state index in [-0.39, 0.29) is 0 Å². The third-order valence-corrected chi connectivity index (χ3v) is 4.06. The lowest BCUT2D eigenvalue weighted by molar-refractivity contribution is 1.28. The molecule has 0 aliphatic carbocycles. The Balaban J connectivity index is 2.25. The Labute approximate surface area is 114 Å². The minimum absolute atomic E-state index is 0.711. The number of rotatable bonds is 2. The fourth-order valence-electron chi connectivity index (χ4n) is 1.46. The van der Waals surface area contributed by atoms with E-state index in [1.54, 1.807) is 11.8 Å². The van der Waals surface area contributed by atoms with Crippen molar-refractivity contribution in [3.8, 4) is 6.07 Å². The van der Waals surface area contributed by atoms with Gasteiger partial charge in [-0.1, -0.05) is 27.7 Å². The van der Waals surface area contributed by atoms with Crippen molar-refractivity contribution in [2.45, 2.75) is 16.7 Å². The van der Waals surface area contributed by atoms with Crippen molar-refractivity contribution < 1.29 is 0 Å². The average Bonchev–Trinajstić information content (AvgIpc) is 2.34. The van der Waals surface area contributed by atoms with E-state index in [0.29, 0.717) is 5.56 Å². The SMILES string of the molecule is Cc1cc(C#N)ccc1Sc1ccc(Br)cc1. The van der Waals surface area contributed by atoms with Gasteiger partial charge in [0.1, 0.15) is 0 Å². The smallest absolute Gasteiger partial charge is 0.0991 e. The minimum Gasteiger partial charge on any atom is -0.192 e. The molecule has 2 aromatic carbocycles. The second-order valence-electron chi connectivity index (χ2n) is 3.65. The molecule has 0 saturated heterocycles. The van der Waals surface area contributed by atoms with Crippen LogP contribution in [0.2, 0.25) is 0 Å². The summed E-state index contributed by atoms with van der Waals surface area (Å²) < 4.78 is 1.08. The van der Waals surface area contributed by atoms with Gasteiger partial charge < -0.3 is 0 Å². The summed E-state index contributed by atoms with van der Waals surface area (Å²) in [5.41, 5.74) is 1.85. The number of aryl methyl sites for hydroxylation is 1. The summed E-state index contributed by atoms with van der Waals surface area (Å²) in [6, 6.07) is 16.1. The fourth-order valence-corrected chi connectivity index (χ4v) is 2.61. The van der Waals surface area contributed by atoms with Crippen LogP contribution in [0.4, 0.5) is 0 Å². The van der Waals surface area contributed by atoms with Crippen LogP contribution in [0.5, 0.6) is 0 Å². The van der Waals surface area contributed by atoms with Gasteiger partial charge in [-0.15, -0.1) is 0 Å². The molecule has 0 aliphatic heterocycles. The van der Waals surface area contributed by atoms with Crippen LogP contribution in [-0.4, -0.2) is 0 Å². The highest BCUT2D eigenvalue weighted by Crippen LogP contribution is 2.31. The molecule has 3 heteroatoms. The molecule has 0 atom stereocenters. The number of hydrogen-bond donors (Lipinski definition) is 0. The fraction of sp³-hybridized carbons (Fsp3) is 0.0714. The molecule has 0 unspecified atom stereocenters. The highest BCUT2D eigenvalue weighted by Gasteiger charge is 2.02. The maximum Gasteiger partial charge on any atom is 0.0991 e. The van der Waals surface area contributed by atoms with E-state index in [2.05, 4.69) is 34.1 Å². The van der Waals surface area contributed by atoms with E-state index in [0.717, 1.165) is 10.0 Å². The Hall–Kier alpha value is -1.24. The lowest BCUT2D eigenvalue weighted by Crippen LogP contribution is -1.82. The lowest BCUT2D eigenvalue weighted by atomic mass is 10.2. The average molecular weight is 304 g/mol. The van der Waals surface area contributed by atoms with Crippen molar-refractivity contribution in [3.63, 3.8) is 0 Å². The summed E-state index contributed by atoms with van der Waals surface area (Å²) >= 11 is 5.13. The monoisotopic (exact) mass is 303 g/mol. The number of hydrogen-bond acceptors (Lipinski definition) is 2. The van der Waals surface area contributed by atoms with Crippen LogP contribution in [0, 0.1) is 18.3 Å². The standard InChI is InChI=1S/C14H10BrNS/c1-10-8-11(9-16)2-7-14(10)17-13-5-3-12(15)4-6-13/h2-8H,1H3. The summed E-state index contributed by atoms with van der Waals surface area (Å²) in [7, 11) is 0. The van der Waals surface area contributed by atoms with E-state index >= 15 is 0 Å². The third kappa shape index (κ3) is 3.12. The molecule has 0 fully saturated rings. The van der Waals surface area contributed by atoms with Crippen LogP contribution in [0.25, 0.3) is 0 Å². The first-order valence-electron chi connectivity index (χ1n) is 5.13. The first-order chi connectivity index (χ1) is 8.19. The lowest BCUT2D eigenvalue weighted by Gasteiger charge is -2.05. The molecule has 0 heterocycles. The van der Waals surface area contributed by atoms with Crippen molar-refractivity contribution in [2.75, 3.05) is 0 Å². The second kappa shape index (κ2) is 5.39. The molecule has 0 bridgehead atoms. The van der Waals surface area contributed by atoms with Crippen LogP contribution < -0.4 is 0 Å². The van der Waals surface area contributed by atoms with Gasteiger partial charge in [0.05, 0.1) is 11.6 Å². The van der Waals surface area contributed by atoms with Crippen LogP contribution in [0.3, 0.4) is 0 Å². The van der Waals surface area contributed by atoms with Crippen molar-refractivity contribution in [1.29, 1.82) is 5.26 Å². The van der Waals surface area contributed by atoms with E-state index in [1.165, 1.54) is 9.79 Å². The Morgan fingerprint density at radius 2 is 1.82 bits per heavy atom. The van der Waals surface area contributed by atoms with Crippen LogP contribution in [0.15, 0.2) is 56.7 Å². The molecule has 0 N–H and O–H groups in total. The van der Waals surface area contributed by atoms with E-state index < -0.39 is 0 Å². The van der Waals surface area contributed by atoms with Gasteiger partial charge in [0.2, 0.25) is 0 Å². The zero-order valence-electron chi connectivity index (χ0n) is 9.27. The van der Waals surface area contributed by atoms with Crippen molar-refractivity contribution in [2.24, 2.45) is 0 Å². The van der Waals surface area contributed by atoms with Gasteiger partial charge in [-0.25, -0.2) is 0 Å². The Morgan fingerprint density at radius 3 is 2.41 bits per heavy atom. The predicted octanol–water partition coefficient (Wildman–Crippen LogP) is 4.78. The summed E-state index contributed by atoms with van der Waals surface area (Å²) in [4.78, 5) is 2.38. The molecule has 1 nitrogen and oxygen atoms in total. The molecule has 0 saturated carbocycles. The first-order valence-corrected chi connectivity index (χ1v) is 6.74. The van der Waals surface area contributed by atoms with E-state index in [4.69, 9.17) is 5.26 Å². The summed E-state index contributed by atoms with van der Waals surface area (Å²) in [6.07, 6.45) is 0. The molecule has 0 aromatic heterocycles.